The zero-order valence-corrected chi connectivity index (χ0v) is 12.2. The lowest BCUT2D eigenvalue weighted by molar-refractivity contribution is -0.164. The Bertz CT molecular complexity index is 295. The van der Waals surface area contributed by atoms with Gasteiger partial charge in [0.05, 0.1) is 5.92 Å². The van der Waals surface area contributed by atoms with E-state index >= 15 is 0 Å². The van der Waals surface area contributed by atoms with Gasteiger partial charge in [0, 0.05) is 0 Å². The minimum absolute atomic E-state index is 0.0610. The first kappa shape index (κ1) is 13.9. The Morgan fingerprint density at radius 2 is 1.78 bits per heavy atom. The van der Waals surface area contributed by atoms with Crippen LogP contribution < -0.4 is 0 Å². The van der Waals surface area contributed by atoms with Gasteiger partial charge in [-0.15, -0.1) is 0 Å². The molecule has 2 nitrogen and oxygen atoms in total. The number of hydrogen-bond acceptors (Lipinski definition) is 2. The Hall–Kier alpha value is -0.530. The van der Waals surface area contributed by atoms with E-state index in [1.165, 1.54) is 32.1 Å². The molecule has 2 rings (SSSR count). The van der Waals surface area contributed by atoms with Gasteiger partial charge < -0.3 is 4.74 Å². The van der Waals surface area contributed by atoms with Crippen LogP contribution in [0.5, 0.6) is 0 Å². The molecule has 0 aromatic rings. The van der Waals surface area contributed by atoms with Crippen molar-refractivity contribution in [3.63, 3.8) is 0 Å². The second-order valence-electron chi connectivity index (χ2n) is 6.85. The van der Waals surface area contributed by atoms with Crippen molar-refractivity contribution in [3.8, 4) is 0 Å². The zero-order valence-electron chi connectivity index (χ0n) is 12.2. The van der Waals surface area contributed by atoms with Crippen molar-refractivity contribution >= 4 is 5.97 Å². The summed E-state index contributed by atoms with van der Waals surface area (Å²) in [6.45, 7) is 6.10. The Kier molecular flexibility index (Phi) is 4.34. The largest absolute Gasteiger partial charge is 0.459 e. The molecular formula is C16H28O2. The third-order valence-corrected chi connectivity index (χ3v) is 5.10. The van der Waals surface area contributed by atoms with E-state index in [-0.39, 0.29) is 17.5 Å². The molecule has 2 heteroatoms. The first-order valence-corrected chi connectivity index (χ1v) is 7.74. The molecule has 104 valence electrons. The Morgan fingerprint density at radius 1 is 1.11 bits per heavy atom. The average molecular weight is 252 g/mol. The molecule has 0 amide bonds. The molecule has 0 aromatic heterocycles. The topological polar surface area (TPSA) is 26.3 Å². The molecule has 3 unspecified atom stereocenters. The fourth-order valence-electron chi connectivity index (χ4n) is 3.52. The number of esters is 1. The van der Waals surface area contributed by atoms with Gasteiger partial charge in [-0.2, -0.15) is 0 Å². The SMILES string of the molecule is CCC(C)(C)OC(=O)C1CCC2CCCCC2C1. The summed E-state index contributed by atoms with van der Waals surface area (Å²) in [4.78, 5) is 12.2. The summed E-state index contributed by atoms with van der Waals surface area (Å²) in [6.07, 6.45) is 9.78. The van der Waals surface area contributed by atoms with E-state index in [1.807, 2.05) is 13.8 Å². The van der Waals surface area contributed by atoms with Gasteiger partial charge in [-0.05, 0) is 51.4 Å². The van der Waals surface area contributed by atoms with Crippen molar-refractivity contribution in [1.29, 1.82) is 0 Å². The Labute approximate surface area is 111 Å². The maximum Gasteiger partial charge on any atom is 0.309 e. The molecule has 0 radical (unpaired) electrons. The number of hydrogen-bond donors (Lipinski definition) is 0. The highest BCUT2D eigenvalue weighted by molar-refractivity contribution is 5.73. The average Bonchev–Trinajstić information content (AvgIpc) is 2.37. The van der Waals surface area contributed by atoms with E-state index in [9.17, 15) is 4.79 Å². The van der Waals surface area contributed by atoms with Gasteiger partial charge in [0.25, 0.3) is 0 Å². The first-order valence-electron chi connectivity index (χ1n) is 7.74. The molecule has 18 heavy (non-hydrogen) atoms. The Balaban J connectivity index is 1.88. The maximum absolute atomic E-state index is 12.2. The molecule has 0 N–H and O–H groups in total. The highest BCUT2D eigenvalue weighted by Crippen LogP contribution is 2.43. The minimum atomic E-state index is -0.291. The molecule has 2 saturated carbocycles. The van der Waals surface area contributed by atoms with Crippen molar-refractivity contribution in [2.75, 3.05) is 0 Å². The molecular weight excluding hydrogens is 224 g/mol. The van der Waals surface area contributed by atoms with Gasteiger partial charge in [0.15, 0.2) is 0 Å². The van der Waals surface area contributed by atoms with Crippen LogP contribution in [0.3, 0.4) is 0 Å². The fraction of sp³-hybridized carbons (Fsp3) is 0.938. The van der Waals surface area contributed by atoms with Crippen molar-refractivity contribution in [2.45, 2.75) is 77.7 Å². The van der Waals surface area contributed by atoms with E-state index in [2.05, 4.69) is 6.92 Å². The number of rotatable bonds is 3. The van der Waals surface area contributed by atoms with Crippen LogP contribution in [0.15, 0.2) is 0 Å². The molecule has 0 aliphatic heterocycles. The maximum atomic E-state index is 12.2. The summed E-state index contributed by atoms with van der Waals surface area (Å²) in [6, 6.07) is 0. The summed E-state index contributed by atoms with van der Waals surface area (Å²) < 4.78 is 5.67. The molecule has 2 aliphatic rings. The van der Waals surface area contributed by atoms with Crippen molar-refractivity contribution in [1.82, 2.24) is 0 Å². The first-order chi connectivity index (χ1) is 8.52. The molecule has 2 aliphatic carbocycles. The predicted molar refractivity (Wildman–Crippen MR) is 73.3 cm³/mol. The lowest BCUT2D eigenvalue weighted by Crippen LogP contribution is -2.36. The number of fused-ring (bicyclic) bond motifs is 1. The highest BCUT2D eigenvalue weighted by atomic mass is 16.6. The molecule has 2 fully saturated rings. The van der Waals surface area contributed by atoms with Gasteiger partial charge in [-0.25, -0.2) is 0 Å². The van der Waals surface area contributed by atoms with E-state index in [4.69, 9.17) is 4.74 Å². The summed E-state index contributed by atoms with van der Waals surface area (Å²) in [5.74, 6) is 1.94. The van der Waals surface area contributed by atoms with E-state index in [0.717, 1.165) is 31.1 Å². The standard InChI is InChI=1S/C16H28O2/c1-4-16(2,3)18-15(17)14-10-9-12-7-5-6-8-13(12)11-14/h12-14H,4-11H2,1-3H3. The molecule has 0 heterocycles. The van der Waals surface area contributed by atoms with Crippen molar-refractivity contribution < 1.29 is 9.53 Å². The summed E-state index contributed by atoms with van der Waals surface area (Å²) in [5.41, 5.74) is -0.291. The summed E-state index contributed by atoms with van der Waals surface area (Å²) >= 11 is 0. The summed E-state index contributed by atoms with van der Waals surface area (Å²) in [7, 11) is 0. The Morgan fingerprint density at radius 3 is 2.44 bits per heavy atom. The van der Waals surface area contributed by atoms with E-state index < -0.39 is 0 Å². The minimum Gasteiger partial charge on any atom is -0.459 e. The fourth-order valence-corrected chi connectivity index (χ4v) is 3.52. The van der Waals surface area contributed by atoms with Crippen LogP contribution in [0, 0.1) is 17.8 Å². The van der Waals surface area contributed by atoms with Crippen molar-refractivity contribution in [2.24, 2.45) is 17.8 Å². The van der Waals surface area contributed by atoms with Crippen LogP contribution in [0.1, 0.15) is 72.1 Å². The van der Waals surface area contributed by atoms with E-state index in [1.54, 1.807) is 0 Å². The molecule has 0 saturated heterocycles. The van der Waals surface area contributed by atoms with Crippen LogP contribution in [0.2, 0.25) is 0 Å². The summed E-state index contributed by atoms with van der Waals surface area (Å²) in [5, 5.41) is 0. The third-order valence-electron chi connectivity index (χ3n) is 5.10. The number of carbonyl (C=O) groups is 1. The lowest BCUT2D eigenvalue weighted by atomic mass is 9.67. The lowest BCUT2D eigenvalue weighted by Gasteiger charge is -2.39. The van der Waals surface area contributed by atoms with Crippen LogP contribution in [0.4, 0.5) is 0 Å². The predicted octanol–water partition coefficient (Wildman–Crippen LogP) is 4.32. The second-order valence-corrected chi connectivity index (χ2v) is 6.85. The van der Waals surface area contributed by atoms with Gasteiger partial charge in [0.1, 0.15) is 5.60 Å². The number of ether oxygens (including phenoxy) is 1. The van der Waals surface area contributed by atoms with Crippen LogP contribution in [0.25, 0.3) is 0 Å². The van der Waals surface area contributed by atoms with Gasteiger partial charge >= 0.3 is 5.97 Å². The third kappa shape index (κ3) is 3.27. The normalized spacial score (nSPS) is 32.7. The van der Waals surface area contributed by atoms with Crippen LogP contribution in [-0.2, 0) is 9.53 Å². The molecule has 0 aromatic carbocycles. The van der Waals surface area contributed by atoms with Gasteiger partial charge in [-0.1, -0.05) is 32.6 Å². The quantitative estimate of drug-likeness (QED) is 0.699. The monoisotopic (exact) mass is 252 g/mol. The molecule has 3 atom stereocenters. The highest BCUT2D eigenvalue weighted by Gasteiger charge is 2.37. The second kappa shape index (κ2) is 5.63. The number of carbonyl (C=O) groups excluding carboxylic acids is 1. The molecule has 0 spiro atoms. The van der Waals surface area contributed by atoms with Gasteiger partial charge in [0.2, 0.25) is 0 Å². The van der Waals surface area contributed by atoms with E-state index in [0.29, 0.717) is 0 Å². The smallest absolute Gasteiger partial charge is 0.309 e. The van der Waals surface area contributed by atoms with Gasteiger partial charge in [-0.3, -0.25) is 4.79 Å². The van der Waals surface area contributed by atoms with Crippen LogP contribution >= 0.6 is 0 Å². The molecule has 0 bridgehead atoms. The van der Waals surface area contributed by atoms with Crippen molar-refractivity contribution in [3.05, 3.63) is 0 Å². The zero-order chi connectivity index (χ0) is 13.2. The van der Waals surface area contributed by atoms with Crippen LogP contribution in [-0.4, -0.2) is 11.6 Å².